The second-order valence-corrected chi connectivity index (χ2v) is 7.80. The van der Waals surface area contributed by atoms with Crippen molar-refractivity contribution in [3.63, 3.8) is 0 Å². The van der Waals surface area contributed by atoms with E-state index in [1.54, 1.807) is 23.1 Å². The number of hydrogen-bond donors (Lipinski definition) is 0. The number of cyclic esters (lactones) is 1. The van der Waals surface area contributed by atoms with Crippen LogP contribution in [0.2, 0.25) is 0 Å². The predicted molar refractivity (Wildman–Crippen MR) is 84.0 cm³/mol. The summed E-state index contributed by atoms with van der Waals surface area (Å²) in [5.41, 5.74) is 1.43. The average molecular weight is 320 g/mol. The summed E-state index contributed by atoms with van der Waals surface area (Å²) in [6, 6.07) is 0. The number of esters is 1. The molecule has 0 aromatic carbocycles. The largest absolute Gasteiger partial charge is 0.465 e. The molecule has 1 atom stereocenters. The average Bonchev–Trinajstić information content (AvgIpc) is 3.02. The van der Waals surface area contributed by atoms with Gasteiger partial charge in [-0.25, -0.2) is 9.97 Å². The van der Waals surface area contributed by atoms with Crippen molar-refractivity contribution < 1.29 is 9.53 Å². The zero-order chi connectivity index (χ0) is 14.4. The van der Waals surface area contributed by atoms with Crippen LogP contribution in [-0.2, 0) is 22.4 Å². The minimum Gasteiger partial charge on any atom is -0.465 e. The second kappa shape index (κ2) is 5.25. The number of carbonyl (C=O) groups is 1. The maximum atomic E-state index is 11.7. The highest BCUT2D eigenvalue weighted by Gasteiger charge is 2.30. The Kier molecular flexibility index (Phi) is 3.38. The van der Waals surface area contributed by atoms with Gasteiger partial charge in [-0.3, -0.25) is 4.79 Å². The van der Waals surface area contributed by atoms with Gasteiger partial charge in [0.25, 0.3) is 0 Å². The molecule has 2 aromatic heterocycles. The van der Waals surface area contributed by atoms with E-state index in [0.29, 0.717) is 6.61 Å². The van der Waals surface area contributed by atoms with E-state index in [2.05, 4.69) is 9.97 Å². The molecule has 0 radical (unpaired) electrons. The number of aryl methyl sites for hydroxylation is 3. The fraction of sp³-hybridized carbons (Fsp3) is 0.533. The second-order valence-electron chi connectivity index (χ2n) is 5.53. The van der Waals surface area contributed by atoms with E-state index in [1.165, 1.54) is 28.7 Å². The van der Waals surface area contributed by atoms with E-state index in [1.807, 2.05) is 6.92 Å². The van der Waals surface area contributed by atoms with Gasteiger partial charge in [0.1, 0.15) is 20.9 Å². The zero-order valence-corrected chi connectivity index (χ0v) is 13.5. The Labute approximate surface area is 131 Å². The molecule has 2 aromatic rings. The van der Waals surface area contributed by atoms with Gasteiger partial charge in [-0.15, -0.1) is 11.3 Å². The normalized spacial score (nSPS) is 21.6. The van der Waals surface area contributed by atoms with Gasteiger partial charge < -0.3 is 4.74 Å². The summed E-state index contributed by atoms with van der Waals surface area (Å²) in [6.45, 7) is 2.46. The standard InChI is InChI=1S/C15H16N2O2S2/c1-8-16-13-12(9-4-2-3-5-10(9)20-13)14(17-8)21-11-6-7-19-15(11)18/h11H,2-7H2,1H3. The molecular formula is C15H16N2O2S2. The first-order valence-corrected chi connectivity index (χ1v) is 9.04. The molecule has 0 saturated carbocycles. The number of thiophene rings is 1. The molecule has 1 aliphatic carbocycles. The molecule has 1 aliphatic heterocycles. The Hall–Kier alpha value is -1.14. The third-order valence-corrected chi connectivity index (χ3v) is 6.45. The number of hydrogen-bond acceptors (Lipinski definition) is 6. The Morgan fingerprint density at radius 1 is 1.29 bits per heavy atom. The van der Waals surface area contributed by atoms with Crippen LogP contribution in [0, 0.1) is 6.92 Å². The van der Waals surface area contributed by atoms with Crippen molar-refractivity contribution in [1.82, 2.24) is 9.97 Å². The minimum absolute atomic E-state index is 0.103. The van der Waals surface area contributed by atoms with Crippen LogP contribution in [0.15, 0.2) is 5.03 Å². The van der Waals surface area contributed by atoms with Crippen LogP contribution in [0.4, 0.5) is 0 Å². The van der Waals surface area contributed by atoms with Gasteiger partial charge in [0.15, 0.2) is 0 Å². The maximum absolute atomic E-state index is 11.7. The fourth-order valence-electron chi connectivity index (χ4n) is 3.03. The van der Waals surface area contributed by atoms with Crippen molar-refractivity contribution in [2.45, 2.75) is 49.3 Å². The number of nitrogens with zero attached hydrogens (tertiary/aromatic N) is 2. The van der Waals surface area contributed by atoms with Crippen molar-refractivity contribution >= 4 is 39.3 Å². The van der Waals surface area contributed by atoms with Crippen LogP contribution in [-0.4, -0.2) is 27.8 Å². The van der Waals surface area contributed by atoms with Crippen molar-refractivity contribution in [2.75, 3.05) is 6.61 Å². The highest BCUT2D eigenvalue weighted by atomic mass is 32.2. The van der Waals surface area contributed by atoms with Crippen LogP contribution in [0.25, 0.3) is 10.2 Å². The lowest BCUT2D eigenvalue weighted by Gasteiger charge is -2.12. The third kappa shape index (κ3) is 2.34. The lowest BCUT2D eigenvalue weighted by Crippen LogP contribution is -2.10. The summed E-state index contributed by atoms with van der Waals surface area (Å²) < 4.78 is 5.07. The number of fused-ring (bicyclic) bond motifs is 3. The van der Waals surface area contributed by atoms with Crippen molar-refractivity contribution in [3.8, 4) is 0 Å². The number of thioether (sulfide) groups is 1. The van der Waals surface area contributed by atoms with Crippen LogP contribution in [0.1, 0.15) is 35.5 Å². The van der Waals surface area contributed by atoms with Gasteiger partial charge in [0.2, 0.25) is 0 Å². The molecule has 0 N–H and O–H groups in total. The molecule has 110 valence electrons. The van der Waals surface area contributed by atoms with Gasteiger partial charge in [0.05, 0.1) is 6.61 Å². The number of carbonyl (C=O) groups excluding carboxylic acids is 1. The maximum Gasteiger partial charge on any atom is 0.319 e. The van der Waals surface area contributed by atoms with E-state index in [0.717, 1.165) is 34.9 Å². The SMILES string of the molecule is Cc1nc(SC2CCOC2=O)c2c3c(sc2n1)CCCC3. The first-order valence-electron chi connectivity index (χ1n) is 7.34. The molecule has 4 rings (SSSR count). The zero-order valence-electron chi connectivity index (χ0n) is 11.8. The van der Waals surface area contributed by atoms with Crippen molar-refractivity contribution in [1.29, 1.82) is 0 Å². The first-order chi connectivity index (χ1) is 10.2. The molecule has 2 aliphatic rings. The highest BCUT2D eigenvalue weighted by Crippen LogP contribution is 2.41. The Bertz CT molecular complexity index is 726. The number of ether oxygens (including phenoxy) is 1. The quantitative estimate of drug-likeness (QED) is 0.628. The van der Waals surface area contributed by atoms with Gasteiger partial charge in [0, 0.05) is 16.7 Å². The smallest absolute Gasteiger partial charge is 0.319 e. The van der Waals surface area contributed by atoms with Crippen LogP contribution < -0.4 is 0 Å². The van der Waals surface area contributed by atoms with Crippen LogP contribution >= 0.6 is 23.1 Å². The van der Waals surface area contributed by atoms with Gasteiger partial charge in [-0.05, 0) is 38.2 Å². The van der Waals surface area contributed by atoms with Gasteiger partial charge in [-0.2, -0.15) is 0 Å². The summed E-state index contributed by atoms with van der Waals surface area (Å²) in [5.74, 6) is 0.684. The Balaban J connectivity index is 1.82. The molecule has 1 saturated heterocycles. The summed E-state index contributed by atoms with van der Waals surface area (Å²) in [7, 11) is 0. The summed E-state index contributed by atoms with van der Waals surface area (Å²) >= 11 is 3.37. The Morgan fingerprint density at radius 3 is 2.95 bits per heavy atom. The molecule has 0 bridgehead atoms. The molecular weight excluding hydrogens is 304 g/mol. The lowest BCUT2D eigenvalue weighted by molar-refractivity contribution is -0.137. The summed E-state index contributed by atoms with van der Waals surface area (Å²) in [4.78, 5) is 23.5. The molecule has 1 fully saturated rings. The van der Waals surface area contributed by atoms with Crippen LogP contribution in [0.3, 0.4) is 0 Å². The number of aromatic nitrogens is 2. The minimum atomic E-state index is -0.110. The summed E-state index contributed by atoms with van der Waals surface area (Å²) in [6.07, 6.45) is 5.56. The monoisotopic (exact) mass is 320 g/mol. The Morgan fingerprint density at radius 2 is 2.14 bits per heavy atom. The topological polar surface area (TPSA) is 52.1 Å². The molecule has 1 unspecified atom stereocenters. The van der Waals surface area contributed by atoms with E-state index >= 15 is 0 Å². The van der Waals surface area contributed by atoms with E-state index < -0.39 is 0 Å². The van der Waals surface area contributed by atoms with Crippen molar-refractivity contribution in [2.24, 2.45) is 0 Å². The fourth-order valence-corrected chi connectivity index (χ4v) is 5.57. The van der Waals surface area contributed by atoms with Gasteiger partial charge in [-0.1, -0.05) is 11.8 Å². The molecule has 0 amide bonds. The summed E-state index contributed by atoms with van der Waals surface area (Å²) in [5, 5.41) is 2.06. The predicted octanol–water partition coefficient (Wildman–Crippen LogP) is 3.29. The molecule has 3 heterocycles. The highest BCUT2D eigenvalue weighted by molar-refractivity contribution is 8.00. The van der Waals surface area contributed by atoms with E-state index in [-0.39, 0.29) is 11.2 Å². The van der Waals surface area contributed by atoms with Gasteiger partial charge >= 0.3 is 5.97 Å². The molecule has 0 spiro atoms. The van der Waals surface area contributed by atoms with E-state index in [9.17, 15) is 4.79 Å². The molecule has 21 heavy (non-hydrogen) atoms. The first kappa shape index (κ1) is 13.5. The third-order valence-electron chi connectivity index (χ3n) is 4.03. The lowest BCUT2D eigenvalue weighted by atomic mass is 9.97. The molecule has 6 heteroatoms. The van der Waals surface area contributed by atoms with Crippen molar-refractivity contribution in [3.05, 3.63) is 16.3 Å². The van der Waals surface area contributed by atoms with Crippen LogP contribution in [0.5, 0.6) is 0 Å². The van der Waals surface area contributed by atoms with E-state index in [4.69, 9.17) is 4.74 Å². The number of rotatable bonds is 2. The molecule has 4 nitrogen and oxygen atoms in total.